The summed E-state index contributed by atoms with van der Waals surface area (Å²) in [6.07, 6.45) is 0.740. The molecule has 2 saturated heterocycles. The number of aryl methyl sites for hydroxylation is 1. The van der Waals surface area contributed by atoms with Crippen LogP contribution in [0, 0.1) is 12.3 Å². The quantitative estimate of drug-likeness (QED) is 0.340. The summed E-state index contributed by atoms with van der Waals surface area (Å²) in [5.41, 5.74) is 3.28. The van der Waals surface area contributed by atoms with Crippen LogP contribution in [0.25, 0.3) is 21.8 Å². The molecule has 39 heavy (non-hydrogen) atoms. The lowest BCUT2D eigenvalue weighted by Gasteiger charge is -2.39. The third-order valence-corrected chi connectivity index (χ3v) is 8.24. The van der Waals surface area contributed by atoms with E-state index in [2.05, 4.69) is 21.4 Å². The molecule has 3 atom stereocenters. The predicted octanol–water partition coefficient (Wildman–Crippen LogP) is 4.88. The second-order valence-corrected chi connectivity index (χ2v) is 12.4. The molecule has 4 heterocycles. The van der Waals surface area contributed by atoms with Crippen LogP contribution in [0.1, 0.15) is 53.7 Å². The minimum atomic E-state index is -0.722. The number of nitrogens with zero attached hydrogens (tertiary/aromatic N) is 2. The van der Waals surface area contributed by atoms with Crippen LogP contribution < -0.4 is 5.32 Å². The Balaban J connectivity index is 1.16. The standard InChI is InChI=1S/C30H32ClN5O3/c1-16-5-8-22-18(9-16)11-25(32-22)28(38)35-14-21-13-20(35)15-36(21)29(39)26(30(2,3)4)34-27(37)24-10-17-6-7-19(31)12-23(17)33-24/h5-12,20-21,26,32-33H,13-15H2,1-4H3,(H,34,37)/t20-,21-,26+/m0/s1. The summed E-state index contributed by atoms with van der Waals surface area (Å²) in [6, 6.07) is 14.3. The topological polar surface area (TPSA) is 101 Å². The number of rotatable bonds is 4. The van der Waals surface area contributed by atoms with E-state index in [0.29, 0.717) is 29.5 Å². The molecule has 0 spiro atoms. The van der Waals surface area contributed by atoms with E-state index in [-0.39, 0.29) is 29.8 Å². The van der Waals surface area contributed by atoms with Gasteiger partial charge in [0.1, 0.15) is 17.4 Å². The van der Waals surface area contributed by atoms with Crippen LogP contribution in [0.15, 0.2) is 48.5 Å². The van der Waals surface area contributed by atoms with Gasteiger partial charge in [0, 0.05) is 39.9 Å². The smallest absolute Gasteiger partial charge is 0.270 e. The maximum atomic E-state index is 13.8. The van der Waals surface area contributed by atoms with Crippen molar-refractivity contribution in [2.75, 3.05) is 13.1 Å². The summed E-state index contributed by atoms with van der Waals surface area (Å²) in [5, 5.41) is 5.45. The van der Waals surface area contributed by atoms with Gasteiger partial charge in [0.05, 0.1) is 12.1 Å². The summed E-state index contributed by atoms with van der Waals surface area (Å²) in [6.45, 7) is 8.81. The van der Waals surface area contributed by atoms with Gasteiger partial charge in [-0.15, -0.1) is 0 Å². The Hall–Kier alpha value is -3.78. The normalized spacial score (nSPS) is 19.7. The van der Waals surface area contributed by atoms with Crippen LogP contribution in [-0.2, 0) is 4.79 Å². The Morgan fingerprint density at radius 1 is 0.897 bits per heavy atom. The molecule has 2 fully saturated rings. The zero-order valence-corrected chi connectivity index (χ0v) is 23.2. The first-order valence-electron chi connectivity index (χ1n) is 13.3. The lowest BCUT2D eigenvalue weighted by Crippen LogP contribution is -2.59. The molecule has 0 aliphatic carbocycles. The van der Waals surface area contributed by atoms with Crippen molar-refractivity contribution in [2.24, 2.45) is 5.41 Å². The molecule has 9 heteroatoms. The van der Waals surface area contributed by atoms with Gasteiger partial charge in [0.15, 0.2) is 0 Å². The number of H-pyrrole nitrogens is 2. The first-order chi connectivity index (χ1) is 18.5. The van der Waals surface area contributed by atoms with Crippen molar-refractivity contribution in [1.82, 2.24) is 25.1 Å². The third-order valence-electron chi connectivity index (χ3n) is 8.01. The number of benzene rings is 2. The van der Waals surface area contributed by atoms with Crippen LogP contribution in [-0.4, -0.2) is 68.7 Å². The SMILES string of the molecule is Cc1ccc2[nH]c(C(=O)N3C[C@@H]4C[C@H]3CN4C(=O)[C@@H](NC(=O)c3cc4ccc(Cl)cc4[nH]3)C(C)(C)C)cc2c1. The number of aromatic amines is 2. The fraction of sp³-hybridized carbons (Fsp3) is 0.367. The average molecular weight is 546 g/mol. The number of nitrogens with one attached hydrogen (secondary N) is 3. The highest BCUT2D eigenvalue weighted by molar-refractivity contribution is 6.31. The maximum absolute atomic E-state index is 13.8. The summed E-state index contributed by atoms with van der Waals surface area (Å²) in [4.78, 5) is 50.5. The fourth-order valence-corrected chi connectivity index (χ4v) is 6.12. The van der Waals surface area contributed by atoms with Gasteiger partial charge in [0.2, 0.25) is 5.91 Å². The van der Waals surface area contributed by atoms with Gasteiger partial charge in [-0.05, 0) is 55.2 Å². The fourth-order valence-electron chi connectivity index (χ4n) is 5.95. The van der Waals surface area contributed by atoms with Crippen molar-refractivity contribution in [2.45, 2.75) is 52.2 Å². The zero-order valence-electron chi connectivity index (χ0n) is 22.5. The van der Waals surface area contributed by atoms with E-state index in [0.717, 1.165) is 33.8 Å². The van der Waals surface area contributed by atoms with Crippen LogP contribution in [0.3, 0.4) is 0 Å². The number of hydrogen-bond donors (Lipinski definition) is 3. The lowest BCUT2D eigenvalue weighted by atomic mass is 9.85. The number of amides is 3. The first-order valence-corrected chi connectivity index (χ1v) is 13.7. The van der Waals surface area contributed by atoms with Crippen molar-refractivity contribution in [3.05, 3.63) is 70.5 Å². The molecule has 2 bridgehead atoms. The van der Waals surface area contributed by atoms with E-state index in [1.807, 2.05) is 61.8 Å². The lowest BCUT2D eigenvalue weighted by molar-refractivity contribution is -0.138. The minimum Gasteiger partial charge on any atom is -0.351 e. The molecular formula is C30H32ClN5O3. The van der Waals surface area contributed by atoms with Gasteiger partial charge in [0.25, 0.3) is 11.8 Å². The van der Waals surface area contributed by atoms with Crippen LogP contribution in [0.5, 0.6) is 0 Å². The van der Waals surface area contributed by atoms with Gasteiger partial charge in [-0.3, -0.25) is 14.4 Å². The van der Waals surface area contributed by atoms with Crippen LogP contribution >= 0.6 is 11.6 Å². The number of likely N-dealkylation sites (tertiary alicyclic amines) is 2. The summed E-state index contributed by atoms with van der Waals surface area (Å²) in [5.74, 6) is -0.496. The van der Waals surface area contributed by atoms with Crippen molar-refractivity contribution < 1.29 is 14.4 Å². The summed E-state index contributed by atoms with van der Waals surface area (Å²) < 4.78 is 0. The van der Waals surface area contributed by atoms with Gasteiger partial charge in [-0.25, -0.2) is 0 Å². The molecule has 202 valence electrons. The molecule has 4 aromatic rings. The van der Waals surface area contributed by atoms with Crippen molar-refractivity contribution in [3.8, 4) is 0 Å². The van der Waals surface area contributed by atoms with Gasteiger partial charge in [-0.1, -0.05) is 50.1 Å². The molecular weight excluding hydrogens is 514 g/mol. The zero-order chi connectivity index (χ0) is 27.6. The molecule has 3 N–H and O–H groups in total. The van der Waals surface area contributed by atoms with Crippen LogP contribution in [0.2, 0.25) is 5.02 Å². The number of carbonyl (C=O) groups excluding carboxylic acids is 3. The Morgan fingerprint density at radius 2 is 1.59 bits per heavy atom. The molecule has 0 saturated carbocycles. The molecule has 2 aromatic carbocycles. The van der Waals surface area contributed by atoms with E-state index < -0.39 is 11.5 Å². The van der Waals surface area contributed by atoms with E-state index >= 15 is 0 Å². The highest BCUT2D eigenvalue weighted by Crippen LogP contribution is 2.34. The van der Waals surface area contributed by atoms with Crippen LogP contribution in [0.4, 0.5) is 0 Å². The molecule has 0 unspecified atom stereocenters. The van der Waals surface area contributed by atoms with Crippen molar-refractivity contribution in [3.63, 3.8) is 0 Å². The Bertz CT molecular complexity index is 1630. The summed E-state index contributed by atoms with van der Waals surface area (Å²) >= 11 is 6.09. The molecule has 3 amide bonds. The molecule has 6 rings (SSSR count). The van der Waals surface area contributed by atoms with E-state index in [9.17, 15) is 14.4 Å². The summed E-state index contributed by atoms with van der Waals surface area (Å²) in [7, 11) is 0. The van der Waals surface area contributed by atoms with Gasteiger partial charge in [-0.2, -0.15) is 0 Å². The molecule has 2 aromatic heterocycles. The molecule has 2 aliphatic heterocycles. The van der Waals surface area contributed by atoms with E-state index in [4.69, 9.17) is 11.6 Å². The Morgan fingerprint density at radius 3 is 2.31 bits per heavy atom. The monoisotopic (exact) mass is 545 g/mol. The van der Waals surface area contributed by atoms with Crippen molar-refractivity contribution in [1.29, 1.82) is 0 Å². The van der Waals surface area contributed by atoms with Gasteiger partial charge >= 0.3 is 0 Å². The second-order valence-electron chi connectivity index (χ2n) is 12.0. The Kier molecular flexibility index (Phi) is 5.99. The molecule has 0 radical (unpaired) electrons. The molecule has 8 nitrogen and oxygen atoms in total. The average Bonchev–Trinajstić information content (AvgIpc) is 3.66. The number of piperazine rings is 1. The minimum absolute atomic E-state index is 0.0389. The highest BCUT2D eigenvalue weighted by atomic mass is 35.5. The highest BCUT2D eigenvalue weighted by Gasteiger charge is 2.50. The third kappa shape index (κ3) is 4.56. The molecule has 2 aliphatic rings. The van der Waals surface area contributed by atoms with Crippen molar-refractivity contribution >= 4 is 51.1 Å². The Labute approximate surface area is 231 Å². The predicted molar refractivity (Wildman–Crippen MR) is 152 cm³/mol. The number of aromatic nitrogens is 2. The van der Waals surface area contributed by atoms with E-state index in [1.54, 1.807) is 18.2 Å². The maximum Gasteiger partial charge on any atom is 0.270 e. The first kappa shape index (κ1) is 25.5. The number of fused-ring (bicyclic) bond motifs is 4. The largest absolute Gasteiger partial charge is 0.351 e. The van der Waals surface area contributed by atoms with E-state index in [1.165, 1.54) is 0 Å². The number of hydrogen-bond acceptors (Lipinski definition) is 3. The van der Waals surface area contributed by atoms with Gasteiger partial charge < -0.3 is 25.1 Å². The second kappa shape index (κ2) is 9.16. The number of halogens is 1. The number of carbonyl (C=O) groups is 3.